The minimum absolute atomic E-state index is 0. The molecule has 41 heteroatoms. The van der Waals surface area contributed by atoms with Crippen LogP contribution >= 0.6 is 106 Å². The summed E-state index contributed by atoms with van der Waals surface area (Å²) in [6.45, 7) is 37.0. The second kappa shape index (κ2) is 63.5. The van der Waals surface area contributed by atoms with Crippen LogP contribution in [0.25, 0.3) is 0 Å². The Kier molecular flexibility index (Phi) is 57.8. The van der Waals surface area contributed by atoms with Crippen molar-refractivity contribution >= 4 is 147 Å². The molecule has 0 aliphatic carbocycles. The first-order valence-corrected chi connectivity index (χ1v) is 51.9. The summed E-state index contributed by atoms with van der Waals surface area (Å²) >= 11 is 43.1. The number of carbonyl (C=O) groups excluding carboxylic acids is 5. The van der Waals surface area contributed by atoms with E-state index in [1.165, 1.54) is 11.1 Å². The number of benzene rings is 7. The molecule has 0 radical (unpaired) electrons. The lowest BCUT2D eigenvalue weighted by atomic mass is 9.97. The highest BCUT2D eigenvalue weighted by Gasteiger charge is 2.45. The Hall–Kier alpha value is -7.20. The van der Waals surface area contributed by atoms with E-state index in [0.29, 0.717) is 72.2 Å². The SMILES string of the molecule is CCCC(OC)OC.CN(CC1OCCc2c(Cl)cccc21)C(=O)OC(C)(C)C.CN(C[C@@H]1OCCc2c(Cl)cccc21)C(=O)OC(C)(C)C.CN(C[C@@H]1OCCc2c(Cl)cccc21)C(=O)OC(C)(C)C.CN(C[C@H]1OCCc2c(Cl)cccc21)C(=O)OC(C)(C)C.CN(C[C@H]1OCCc2c(Cl)cccc21)C(=O)OC(C)(C)C.CNCC1OCCc2c(Cl)cccc21.Cl.Cl.O=S(=O)(O)C(F)(F)F.OCCc1ccccc1Cl. The number of nitrogens with one attached hydrogen (secondary N) is 1. The Morgan fingerprint density at radius 2 is 0.571 bits per heavy atom. The van der Waals surface area contributed by atoms with Gasteiger partial charge in [0.2, 0.25) is 0 Å². The molecule has 5 amide bonds. The maximum absolute atomic E-state index is 12.0. The van der Waals surface area contributed by atoms with Crippen LogP contribution in [0.5, 0.6) is 0 Å². The molecule has 2 unspecified atom stereocenters. The molecule has 0 bridgehead atoms. The molecule has 0 saturated heterocycles. The highest BCUT2D eigenvalue weighted by molar-refractivity contribution is 7.86. The van der Waals surface area contributed by atoms with E-state index < -0.39 is 43.6 Å². The van der Waals surface area contributed by atoms with Gasteiger partial charge in [0.1, 0.15) is 58.5 Å². The molecular formula is C106H150Cl9F3N6O22S. The molecule has 6 aliphatic heterocycles. The van der Waals surface area contributed by atoms with Crippen molar-refractivity contribution in [1.29, 1.82) is 0 Å². The molecule has 6 heterocycles. The number of hydrogen-bond acceptors (Lipinski definition) is 22. The summed E-state index contributed by atoms with van der Waals surface area (Å²) in [5, 5.41) is 17.1. The van der Waals surface area contributed by atoms with E-state index in [9.17, 15) is 37.1 Å². The number of methoxy groups -OCH3 is 2. The molecule has 7 aromatic rings. The lowest BCUT2D eigenvalue weighted by Gasteiger charge is -2.31. The van der Waals surface area contributed by atoms with Crippen molar-refractivity contribution in [1.82, 2.24) is 29.8 Å². The fraction of sp³-hybridized carbons (Fsp3) is 0.557. The molecule has 0 spiro atoms. The molecule has 3 N–H and O–H groups in total. The Morgan fingerprint density at radius 3 is 0.741 bits per heavy atom. The van der Waals surface area contributed by atoms with Gasteiger partial charge in [0.25, 0.3) is 0 Å². The van der Waals surface area contributed by atoms with E-state index in [-0.39, 0.29) is 105 Å². The Bertz CT molecular complexity index is 4800. The molecule has 28 nitrogen and oxygen atoms in total. The largest absolute Gasteiger partial charge is 0.522 e. The van der Waals surface area contributed by atoms with E-state index in [4.69, 9.17) is 161 Å². The zero-order valence-electron chi connectivity index (χ0n) is 88.6. The lowest BCUT2D eigenvalue weighted by Crippen LogP contribution is -2.37. The third kappa shape index (κ3) is 47.1. The first-order chi connectivity index (χ1) is 67.6. The third-order valence-electron chi connectivity index (χ3n) is 21.8. The number of alkyl halides is 3. The number of amides is 5. The number of nitrogens with zero attached hydrogens (tertiary/aromatic N) is 5. The van der Waals surface area contributed by atoms with Gasteiger partial charge in [-0.05, 0) is 277 Å². The summed E-state index contributed by atoms with van der Waals surface area (Å²) in [7, 11) is 8.00. The number of ether oxygens (including phenoxy) is 13. The molecule has 147 heavy (non-hydrogen) atoms. The van der Waals surface area contributed by atoms with Crippen LogP contribution in [-0.2, 0) is 117 Å². The average Bonchev–Trinajstić information content (AvgIpc) is 0.820. The monoisotopic (exact) mass is 2260 g/mol. The van der Waals surface area contributed by atoms with Gasteiger partial charge in [0.05, 0.1) is 78.5 Å². The smallest absolute Gasteiger partial charge is 0.444 e. The van der Waals surface area contributed by atoms with Gasteiger partial charge in [0.15, 0.2) is 6.29 Å². The van der Waals surface area contributed by atoms with Crippen LogP contribution in [0, 0.1) is 0 Å². The lowest BCUT2D eigenvalue weighted by molar-refractivity contribution is -0.106. The number of aliphatic hydroxyl groups excluding tert-OH is 1. The fourth-order valence-electron chi connectivity index (χ4n) is 15.0. The molecule has 13 rings (SSSR count). The minimum Gasteiger partial charge on any atom is -0.444 e. The molecule has 0 aromatic heterocycles. The van der Waals surface area contributed by atoms with Crippen LogP contribution < -0.4 is 5.32 Å². The predicted octanol–water partition coefficient (Wildman–Crippen LogP) is 25.8. The average molecular weight is 2270 g/mol. The second-order valence-electron chi connectivity index (χ2n) is 39.5. The van der Waals surface area contributed by atoms with Gasteiger partial charge in [-0.1, -0.05) is 186 Å². The molecule has 0 fully saturated rings. The molecular weight excluding hydrogens is 2120 g/mol. The summed E-state index contributed by atoms with van der Waals surface area (Å²) in [6, 6.07) is 42.6. The minimum atomic E-state index is -5.84. The van der Waals surface area contributed by atoms with Crippen LogP contribution in [0.4, 0.5) is 37.1 Å². The summed E-state index contributed by atoms with van der Waals surface area (Å²) in [5.41, 5.74) is 6.35. The van der Waals surface area contributed by atoms with Crippen LogP contribution in [0.3, 0.4) is 0 Å². The molecule has 826 valence electrons. The van der Waals surface area contributed by atoms with Crippen LogP contribution in [0.15, 0.2) is 133 Å². The fourth-order valence-corrected chi connectivity index (χ4v) is 16.9. The van der Waals surface area contributed by atoms with E-state index in [1.807, 2.05) is 238 Å². The number of rotatable bonds is 18. The quantitative estimate of drug-likeness (QED) is 0.0311. The van der Waals surface area contributed by atoms with E-state index in [1.54, 1.807) is 74.0 Å². The second-order valence-corrected chi connectivity index (χ2v) is 43.8. The van der Waals surface area contributed by atoms with Gasteiger partial charge < -0.3 is 96.5 Å². The Morgan fingerprint density at radius 1 is 0.374 bits per heavy atom. The topological polar surface area (TPSA) is 308 Å². The van der Waals surface area contributed by atoms with Gasteiger partial charge in [-0.15, -0.1) is 24.8 Å². The van der Waals surface area contributed by atoms with Gasteiger partial charge in [-0.25, -0.2) is 24.0 Å². The van der Waals surface area contributed by atoms with Crippen molar-refractivity contribution in [2.24, 2.45) is 0 Å². The van der Waals surface area contributed by atoms with Crippen molar-refractivity contribution in [2.45, 2.75) is 245 Å². The number of carbonyl (C=O) groups is 5. The normalized spacial score (nSPS) is 16.9. The maximum Gasteiger partial charge on any atom is 0.522 e. The Labute approximate surface area is 914 Å². The van der Waals surface area contributed by atoms with Gasteiger partial charge >= 0.3 is 46.1 Å². The number of hydrogen-bond donors (Lipinski definition) is 3. The summed E-state index contributed by atoms with van der Waals surface area (Å²) in [4.78, 5) is 67.9. The molecule has 0 saturated carbocycles. The first-order valence-electron chi connectivity index (χ1n) is 47.8. The first kappa shape index (κ1) is 134. The highest BCUT2D eigenvalue weighted by Crippen LogP contribution is 2.40. The van der Waals surface area contributed by atoms with Crippen LogP contribution in [0.2, 0.25) is 35.2 Å². The van der Waals surface area contributed by atoms with Crippen LogP contribution in [-0.4, -0.2) is 255 Å². The van der Waals surface area contributed by atoms with Crippen molar-refractivity contribution in [3.63, 3.8) is 0 Å². The zero-order valence-corrected chi connectivity index (χ0v) is 96.3. The number of fused-ring (bicyclic) bond motifs is 6. The maximum atomic E-state index is 12.0. The number of likely N-dealkylation sites (N-methyl/N-ethyl adjacent to an activating group) is 6. The van der Waals surface area contributed by atoms with Gasteiger partial charge in [-0.2, -0.15) is 21.6 Å². The standard InChI is InChI=1S/5C16H22ClNO3.C11H14ClNO.C8H9ClO.C6H14O2.CHF3O3S.2ClH/c5*1-16(2,3)21-15(19)18(4)10-14-12-6-5-7-13(17)11(12)8-9-20-14;1-13-7-11-9-3-2-4-10(12)8(9)5-6-14-11;9-8-4-2-1-3-7(8)5-6-10;1-4-5-6(7-2)8-3;2-1(3,4)8(5,6)7;;/h5*5-7,14H,8-10H2,1-4H3;2-4,11,13H,5-7H2,1H3;1-4,10H,5-6H2;6H,4-5H2,1-3H3;(H,5,6,7);2*1H/t4*14-;;;;;;;/m1100......./s1. The zero-order chi connectivity index (χ0) is 109. The van der Waals surface area contributed by atoms with Crippen molar-refractivity contribution in [3.8, 4) is 0 Å². The molecule has 6 aliphatic rings. The van der Waals surface area contributed by atoms with Crippen molar-refractivity contribution in [3.05, 3.63) is 241 Å². The van der Waals surface area contributed by atoms with E-state index in [0.717, 1.165) is 161 Å². The van der Waals surface area contributed by atoms with Gasteiger partial charge in [0, 0.05) is 97.8 Å². The van der Waals surface area contributed by atoms with E-state index in [2.05, 4.69) is 18.3 Å². The third-order valence-corrected chi connectivity index (χ3v) is 24.9. The number of halogens is 12. The molecule has 6 atom stereocenters. The summed E-state index contributed by atoms with van der Waals surface area (Å²) in [6.07, 6.45) is 5.29. The molecule has 7 aromatic carbocycles. The predicted molar refractivity (Wildman–Crippen MR) is 578 cm³/mol. The van der Waals surface area contributed by atoms with Crippen molar-refractivity contribution < 1.29 is 117 Å². The van der Waals surface area contributed by atoms with Crippen molar-refractivity contribution in [2.75, 3.05) is 142 Å². The highest BCUT2D eigenvalue weighted by atomic mass is 35.5. The summed E-state index contributed by atoms with van der Waals surface area (Å²) in [5.74, 6) is 0. The van der Waals surface area contributed by atoms with E-state index >= 15 is 0 Å². The van der Waals surface area contributed by atoms with Gasteiger partial charge in [-0.3, -0.25) is 4.55 Å². The number of aliphatic hydroxyl groups is 1. The summed E-state index contributed by atoms with van der Waals surface area (Å²) < 4.78 is 129. The Balaban J connectivity index is 0.000000432. The van der Waals surface area contributed by atoms with Crippen LogP contribution in [0.1, 0.15) is 233 Å².